The summed E-state index contributed by atoms with van der Waals surface area (Å²) in [6, 6.07) is 0.0899. The molecular formula is C25H34F3N3O4S. The number of likely N-dealkylation sites (tertiary alicyclic amines) is 1. The third kappa shape index (κ3) is 5.10. The quantitative estimate of drug-likeness (QED) is 0.594. The maximum Gasteiger partial charge on any atom is 0.425 e. The fourth-order valence-electron chi connectivity index (χ4n) is 6.00. The molecule has 2 aromatic rings. The number of aromatic nitrogens is 2. The molecule has 11 heteroatoms. The Labute approximate surface area is 212 Å². The van der Waals surface area contributed by atoms with Crippen molar-refractivity contribution in [3.8, 4) is 0 Å². The Kier molecular flexibility index (Phi) is 7.50. The summed E-state index contributed by atoms with van der Waals surface area (Å²) in [4.78, 5) is 2.26. The van der Waals surface area contributed by atoms with E-state index < -0.39 is 29.4 Å². The number of halogens is 3. The van der Waals surface area contributed by atoms with E-state index in [0.717, 1.165) is 36.3 Å². The Morgan fingerprint density at radius 3 is 2.86 bits per heavy atom. The van der Waals surface area contributed by atoms with Gasteiger partial charge in [-0.2, -0.15) is 18.3 Å². The molecule has 0 amide bonds. The Balaban J connectivity index is 1.25. The number of aliphatic hydroxyl groups excluding tert-OH is 2. The molecule has 36 heavy (non-hydrogen) atoms. The third-order valence-electron chi connectivity index (χ3n) is 7.91. The van der Waals surface area contributed by atoms with E-state index in [2.05, 4.69) is 16.9 Å². The molecule has 2 N–H and O–H groups in total. The Bertz CT molecular complexity index is 1050. The monoisotopic (exact) mass is 529 g/mol. The minimum atomic E-state index is -4.48. The molecule has 7 nitrogen and oxygen atoms in total. The highest BCUT2D eigenvalue weighted by molar-refractivity contribution is 7.12. The first-order valence-corrected chi connectivity index (χ1v) is 13.5. The lowest BCUT2D eigenvalue weighted by molar-refractivity contribution is -0.135. The third-order valence-corrected chi connectivity index (χ3v) is 9.42. The molecule has 0 radical (unpaired) electrons. The van der Waals surface area contributed by atoms with Crippen LogP contribution in [0.3, 0.4) is 0 Å². The second-order valence-electron chi connectivity index (χ2n) is 10.4. The van der Waals surface area contributed by atoms with E-state index in [1.807, 2.05) is 12.4 Å². The van der Waals surface area contributed by atoms with Gasteiger partial charge in [0.2, 0.25) is 0 Å². The van der Waals surface area contributed by atoms with Gasteiger partial charge in [-0.1, -0.05) is 0 Å². The van der Waals surface area contributed by atoms with Gasteiger partial charge in [0.05, 0.1) is 38.7 Å². The zero-order valence-corrected chi connectivity index (χ0v) is 21.3. The van der Waals surface area contributed by atoms with E-state index in [4.69, 9.17) is 9.47 Å². The lowest BCUT2D eigenvalue weighted by Crippen LogP contribution is -2.50. The van der Waals surface area contributed by atoms with Crippen LogP contribution in [0.1, 0.15) is 59.1 Å². The first-order valence-electron chi connectivity index (χ1n) is 12.7. The lowest BCUT2D eigenvalue weighted by atomic mass is 9.81. The molecule has 0 bridgehead atoms. The average molecular weight is 530 g/mol. The molecule has 0 aromatic carbocycles. The second-order valence-corrected chi connectivity index (χ2v) is 11.4. The molecule has 4 atom stereocenters. The van der Waals surface area contributed by atoms with E-state index in [-0.39, 0.29) is 17.5 Å². The van der Waals surface area contributed by atoms with Crippen molar-refractivity contribution in [2.75, 3.05) is 26.4 Å². The summed E-state index contributed by atoms with van der Waals surface area (Å²) in [7, 11) is 0. The predicted octanol–water partition coefficient (Wildman–Crippen LogP) is 3.70. The van der Waals surface area contributed by atoms with Gasteiger partial charge < -0.3 is 19.7 Å². The van der Waals surface area contributed by atoms with Gasteiger partial charge in [-0.25, -0.2) is 0 Å². The number of rotatable bonds is 6. The minimum Gasteiger partial charge on any atom is -0.392 e. The zero-order valence-electron chi connectivity index (χ0n) is 20.5. The van der Waals surface area contributed by atoms with Crippen molar-refractivity contribution in [1.29, 1.82) is 0 Å². The Morgan fingerprint density at radius 2 is 2.17 bits per heavy atom. The Hall–Kier alpha value is -1.50. The molecule has 3 aliphatic heterocycles. The lowest BCUT2D eigenvalue weighted by Gasteiger charge is -2.47. The average Bonchev–Trinajstić information content (AvgIpc) is 3.46. The SMILES string of the molecule is C[C@H]1C[C@@]2(CCN1Cc1cnn(CC(O)C3CCCOC3)c1)OCCc1c2sc(C(F)(F)F)c1CO. The van der Waals surface area contributed by atoms with Crippen LogP contribution in [-0.4, -0.2) is 63.4 Å². The van der Waals surface area contributed by atoms with E-state index in [1.54, 1.807) is 4.68 Å². The molecule has 2 fully saturated rings. The van der Waals surface area contributed by atoms with Gasteiger partial charge in [0.15, 0.2) is 0 Å². The van der Waals surface area contributed by atoms with Crippen molar-refractivity contribution in [2.24, 2.45) is 5.92 Å². The van der Waals surface area contributed by atoms with Crippen LogP contribution in [0.2, 0.25) is 0 Å². The fourth-order valence-corrected chi connectivity index (χ4v) is 7.41. The molecular weight excluding hydrogens is 495 g/mol. The number of thiophene rings is 1. The zero-order chi connectivity index (χ0) is 25.5. The van der Waals surface area contributed by atoms with Crippen molar-refractivity contribution in [1.82, 2.24) is 14.7 Å². The van der Waals surface area contributed by atoms with Gasteiger partial charge in [0.1, 0.15) is 10.5 Å². The van der Waals surface area contributed by atoms with Crippen molar-refractivity contribution in [3.05, 3.63) is 38.8 Å². The molecule has 5 rings (SSSR count). The van der Waals surface area contributed by atoms with Crippen LogP contribution in [0.25, 0.3) is 0 Å². The number of nitrogens with zero attached hydrogens (tertiary/aromatic N) is 3. The number of piperidine rings is 1. The molecule has 3 aliphatic rings. The van der Waals surface area contributed by atoms with E-state index in [9.17, 15) is 23.4 Å². The summed E-state index contributed by atoms with van der Waals surface area (Å²) in [6.45, 7) is 4.97. The maximum absolute atomic E-state index is 13.7. The van der Waals surface area contributed by atoms with Gasteiger partial charge >= 0.3 is 6.18 Å². The van der Waals surface area contributed by atoms with Crippen LogP contribution in [0.5, 0.6) is 0 Å². The number of hydrogen-bond donors (Lipinski definition) is 2. The molecule has 2 aromatic heterocycles. The fraction of sp³-hybridized carbons (Fsp3) is 0.720. The van der Waals surface area contributed by atoms with Crippen LogP contribution < -0.4 is 0 Å². The molecule has 2 saturated heterocycles. The van der Waals surface area contributed by atoms with Crippen LogP contribution in [-0.2, 0) is 47.4 Å². The molecule has 0 saturated carbocycles. The highest BCUT2D eigenvalue weighted by Gasteiger charge is 2.48. The maximum atomic E-state index is 13.7. The predicted molar refractivity (Wildman–Crippen MR) is 127 cm³/mol. The number of alkyl halides is 3. The molecule has 5 heterocycles. The smallest absolute Gasteiger partial charge is 0.392 e. The van der Waals surface area contributed by atoms with Crippen molar-refractivity contribution < 1.29 is 32.9 Å². The second kappa shape index (κ2) is 10.3. The summed E-state index contributed by atoms with van der Waals surface area (Å²) in [6.07, 6.45) is 2.32. The highest BCUT2D eigenvalue weighted by Crippen LogP contribution is 2.51. The summed E-state index contributed by atoms with van der Waals surface area (Å²) < 4.78 is 54.5. The van der Waals surface area contributed by atoms with Crippen LogP contribution in [0, 0.1) is 5.92 Å². The number of ether oxygens (including phenoxy) is 2. The normalized spacial score (nSPS) is 28.4. The Morgan fingerprint density at radius 1 is 1.33 bits per heavy atom. The van der Waals surface area contributed by atoms with E-state index in [0.29, 0.717) is 62.6 Å². The topological polar surface area (TPSA) is 80.0 Å². The van der Waals surface area contributed by atoms with Crippen LogP contribution in [0.15, 0.2) is 12.4 Å². The summed E-state index contributed by atoms with van der Waals surface area (Å²) >= 11 is 0.752. The summed E-state index contributed by atoms with van der Waals surface area (Å²) in [5, 5.41) is 24.7. The van der Waals surface area contributed by atoms with Crippen molar-refractivity contribution in [2.45, 2.75) is 82.6 Å². The van der Waals surface area contributed by atoms with Crippen LogP contribution in [0.4, 0.5) is 13.2 Å². The van der Waals surface area contributed by atoms with Gasteiger partial charge in [0, 0.05) is 53.9 Å². The first kappa shape index (κ1) is 26.1. The van der Waals surface area contributed by atoms with E-state index in [1.165, 1.54) is 0 Å². The van der Waals surface area contributed by atoms with E-state index >= 15 is 0 Å². The van der Waals surface area contributed by atoms with Gasteiger partial charge in [-0.05, 0) is 44.6 Å². The number of hydrogen-bond acceptors (Lipinski definition) is 7. The largest absolute Gasteiger partial charge is 0.425 e. The molecule has 2 unspecified atom stereocenters. The molecule has 1 spiro atoms. The van der Waals surface area contributed by atoms with Gasteiger partial charge in [-0.3, -0.25) is 9.58 Å². The minimum absolute atomic E-state index is 0.0228. The molecule has 0 aliphatic carbocycles. The standard InChI is InChI=1S/C25H34F3N3O4S/c1-16-9-24(22-19(4-8-35-24)20(14-32)23(36-22)25(26,27)28)5-6-30(16)11-17-10-29-31(12-17)13-21(33)18-3-2-7-34-15-18/h10,12,16,18,21,32-33H,2-9,11,13-15H2,1H3/t16-,18?,21?,24+/m0/s1. The highest BCUT2D eigenvalue weighted by atomic mass is 32.1. The summed E-state index contributed by atoms with van der Waals surface area (Å²) in [5.74, 6) is 0.131. The van der Waals surface area contributed by atoms with Gasteiger partial charge in [0.25, 0.3) is 0 Å². The number of fused-ring (bicyclic) bond motifs is 2. The van der Waals surface area contributed by atoms with Crippen molar-refractivity contribution in [3.63, 3.8) is 0 Å². The molecule has 200 valence electrons. The van der Waals surface area contributed by atoms with Crippen LogP contribution >= 0.6 is 11.3 Å². The number of aliphatic hydroxyl groups is 2. The summed E-state index contributed by atoms with van der Waals surface area (Å²) in [5.41, 5.74) is 0.950. The first-order chi connectivity index (χ1) is 17.2. The van der Waals surface area contributed by atoms with Crippen molar-refractivity contribution >= 4 is 11.3 Å². The van der Waals surface area contributed by atoms with Gasteiger partial charge in [-0.15, -0.1) is 11.3 Å².